The minimum Gasteiger partial charge on any atom is -0.468 e. The van der Waals surface area contributed by atoms with Gasteiger partial charge in [-0.3, -0.25) is 9.59 Å². The summed E-state index contributed by atoms with van der Waals surface area (Å²) in [5.41, 5.74) is 0.857. The van der Waals surface area contributed by atoms with Crippen LogP contribution in [0.25, 0.3) is 5.57 Å². The van der Waals surface area contributed by atoms with Crippen LogP contribution in [-0.4, -0.2) is 31.9 Å². The van der Waals surface area contributed by atoms with Gasteiger partial charge in [-0.15, -0.1) is 11.8 Å². The standard InChI is InChI=1S/C16H16O4S/c1-19-14(17)16(15(18)20-2)7-10-9-21-13-6-4-3-5-11(13)12(10)8-16/h3-6,8,10H,7,9H2,1-2H3/t10-/m1/s1. The Kier molecular flexibility index (Phi) is 3.53. The molecule has 1 atom stereocenters. The molecule has 0 saturated heterocycles. The van der Waals surface area contributed by atoms with E-state index in [0.717, 1.165) is 16.9 Å². The highest BCUT2D eigenvalue weighted by Crippen LogP contribution is 2.52. The van der Waals surface area contributed by atoms with E-state index in [1.165, 1.54) is 19.1 Å². The molecule has 0 fully saturated rings. The van der Waals surface area contributed by atoms with Crippen molar-refractivity contribution in [2.24, 2.45) is 11.3 Å². The van der Waals surface area contributed by atoms with Crippen molar-refractivity contribution in [2.75, 3.05) is 20.0 Å². The molecule has 0 spiro atoms. The molecule has 0 aromatic heterocycles. The first-order valence-corrected chi connectivity index (χ1v) is 7.72. The van der Waals surface area contributed by atoms with Crippen molar-refractivity contribution >= 4 is 29.3 Å². The summed E-state index contributed by atoms with van der Waals surface area (Å²) in [6.07, 6.45) is 2.18. The van der Waals surface area contributed by atoms with E-state index in [0.29, 0.717) is 6.42 Å². The number of thioether (sulfide) groups is 1. The summed E-state index contributed by atoms with van der Waals surface area (Å²) >= 11 is 1.76. The fourth-order valence-corrected chi connectivity index (χ4v) is 4.34. The van der Waals surface area contributed by atoms with Gasteiger partial charge in [0.25, 0.3) is 0 Å². The van der Waals surface area contributed by atoms with E-state index in [1.807, 2.05) is 18.2 Å². The molecular formula is C16H16O4S. The summed E-state index contributed by atoms with van der Waals surface area (Å²) in [6, 6.07) is 8.06. The number of rotatable bonds is 2. The highest BCUT2D eigenvalue weighted by molar-refractivity contribution is 7.99. The van der Waals surface area contributed by atoms with E-state index >= 15 is 0 Å². The van der Waals surface area contributed by atoms with Gasteiger partial charge in [0, 0.05) is 10.6 Å². The maximum Gasteiger partial charge on any atom is 0.327 e. The smallest absolute Gasteiger partial charge is 0.327 e. The molecule has 21 heavy (non-hydrogen) atoms. The van der Waals surface area contributed by atoms with Crippen LogP contribution in [0.15, 0.2) is 35.2 Å². The molecule has 0 N–H and O–H groups in total. The molecule has 0 radical (unpaired) electrons. The van der Waals surface area contributed by atoms with Crippen LogP contribution in [0.1, 0.15) is 12.0 Å². The number of benzene rings is 1. The lowest BCUT2D eigenvalue weighted by atomic mass is 9.85. The highest BCUT2D eigenvalue weighted by atomic mass is 32.2. The average Bonchev–Trinajstić information content (AvgIpc) is 2.94. The normalized spacial score (nSPS) is 21.8. The number of esters is 2. The second-order valence-electron chi connectivity index (χ2n) is 5.26. The van der Waals surface area contributed by atoms with Gasteiger partial charge >= 0.3 is 11.9 Å². The van der Waals surface area contributed by atoms with E-state index in [9.17, 15) is 9.59 Å². The molecule has 1 aromatic carbocycles. The summed E-state index contributed by atoms with van der Waals surface area (Å²) in [6.45, 7) is 0. The first-order valence-electron chi connectivity index (χ1n) is 6.74. The monoisotopic (exact) mass is 304 g/mol. The van der Waals surface area contributed by atoms with Crippen molar-refractivity contribution in [3.63, 3.8) is 0 Å². The summed E-state index contributed by atoms with van der Waals surface area (Å²) in [5.74, 6) is -0.0564. The van der Waals surface area contributed by atoms with Crippen LogP contribution in [0, 0.1) is 11.3 Å². The van der Waals surface area contributed by atoms with E-state index in [-0.39, 0.29) is 5.92 Å². The summed E-state index contributed by atoms with van der Waals surface area (Å²) in [4.78, 5) is 25.6. The molecule has 1 aliphatic carbocycles. The number of methoxy groups -OCH3 is 2. The molecule has 3 rings (SSSR count). The van der Waals surface area contributed by atoms with Crippen LogP contribution >= 0.6 is 11.8 Å². The molecule has 0 bridgehead atoms. The van der Waals surface area contributed by atoms with E-state index < -0.39 is 17.4 Å². The SMILES string of the molecule is COC(=O)C1(C(=O)OC)C=C2c3ccccc3SC[C@H]2C1. The Hall–Kier alpha value is -1.75. The van der Waals surface area contributed by atoms with E-state index in [4.69, 9.17) is 9.47 Å². The van der Waals surface area contributed by atoms with Gasteiger partial charge < -0.3 is 9.47 Å². The number of hydrogen-bond donors (Lipinski definition) is 0. The third kappa shape index (κ3) is 2.07. The van der Waals surface area contributed by atoms with E-state index in [2.05, 4.69) is 6.07 Å². The van der Waals surface area contributed by atoms with E-state index in [1.54, 1.807) is 17.8 Å². The van der Waals surface area contributed by atoms with Gasteiger partial charge in [-0.1, -0.05) is 24.3 Å². The molecule has 5 heteroatoms. The molecule has 1 aliphatic heterocycles. The minimum atomic E-state index is -1.30. The maximum atomic E-state index is 12.2. The lowest BCUT2D eigenvalue weighted by molar-refractivity contribution is -0.165. The maximum absolute atomic E-state index is 12.2. The Morgan fingerprint density at radius 3 is 2.52 bits per heavy atom. The zero-order chi connectivity index (χ0) is 15.0. The van der Waals surface area contributed by atoms with Crippen LogP contribution in [-0.2, 0) is 19.1 Å². The second-order valence-corrected chi connectivity index (χ2v) is 6.32. The second kappa shape index (κ2) is 5.22. The van der Waals surface area contributed by atoms with Crippen molar-refractivity contribution in [1.82, 2.24) is 0 Å². The van der Waals surface area contributed by atoms with Crippen molar-refractivity contribution in [1.29, 1.82) is 0 Å². The zero-order valence-corrected chi connectivity index (χ0v) is 12.7. The van der Waals surface area contributed by atoms with Crippen LogP contribution in [0.5, 0.6) is 0 Å². The zero-order valence-electron chi connectivity index (χ0n) is 11.9. The fourth-order valence-electron chi connectivity index (χ4n) is 3.14. The van der Waals surface area contributed by atoms with Crippen molar-refractivity contribution in [3.8, 4) is 0 Å². The van der Waals surface area contributed by atoms with Gasteiger partial charge in [0.2, 0.25) is 0 Å². The van der Waals surface area contributed by atoms with Gasteiger partial charge in [0.05, 0.1) is 14.2 Å². The molecule has 1 heterocycles. The molecule has 1 aromatic rings. The highest BCUT2D eigenvalue weighted by Gasteiger charge is 2.53. The largest absolute Gasteiger partial charge is 0.468 e. The van der Waals surface area contributed by atoms with Crippen LogP contribution in [0.3, 0.4) is 0 Å². The van der Waals surface area contributed by atoms with Crippen LogP contribution < -0.4 is 0 Å². The van der Waals surface area contributed by atoms with Crippen molar-refractivity contribution in [2.45, 2.75) is 11.3 Å². The van der Waals surface area contributed by atoms with Gasteiger partial charge in [-0.05, 0) is 29.5 Å². The van der Waals surface area contributed by atoms with Crippen molar-refractivity contribution in [3.05, 3.63) is 35.9 Å². The van der Waals surface area contributed by atoms with Crippen molar-refractivity contribution < 1.29 is 19.1 Å². The Morgan fingerprint density at radius 1 is 1.19 bits per heavy atom. The number of carbonyl (C=O) groups excluding carboxylic acids is 2. The predicted molar refractivity (Wildman–Crippen MR) is 79.7 cm³/mol. The number of allylic oxidation sites excluding steroid dienone is 1. The average molecular weight is 304 g/mol. The lowest BCUT2D eigenvalue weighted by Gasteiger charge is -2.25. The van der Waals surface area contributed by atoms with Crippen LogP contribution in [0.2, 0.25) is 0 Å². The fraction of sp³-hybridized carbons (Fsp3) is 0.375. The number of hydrogen-bond acceptors (Lipinski definition) is 5. The minimum absolute atomic E-state index is 0.170. The Morgan fingerprint density at radius 2 is 1.86 bits per heavy atom. The van der Waals surface area contributed by atoms with Gasteiger partial charge in [0.1, 0.15) is 0 Å². The topological polar surface area (TPSA) is 52.6 Å². The molecular weight excluding hydrogens is 288 g/mol. The quantitative estimate of drug-likeness (QED) is 0.621. The Bertz CT molecular complexity index is 619. The Balaban J connectivity index is 2.11. The third-order valence-corrected chi connectivity index (χ3v) is 5.38. The van der Waals surface area contributed by atoms with Crippen LogP contribution in [0.4, 0.5) is 0 Å². The molecule has 0 unspecified atom stereocenters. The number of carbonyl (C=O) groups is 2. The number of ether oxygens (including phenoxy) is 2. The van der Waals surface area contributed by atoms with Gasteiger partial charge in [0.15, 0.2) is 5.41 Å². The first-order chi connectivity index (χ1) is 10.1. The molecule has 2 aliphatic rings. The Labute approximate surface area is 127 Å². The number of fused-ring (bicyclic) bond motifs is 3. The first kappa shape index (κ1) is 14.2. The third-order valence-electron chi connectivity index (χ3n) is 4.15. The lowest BCUT2D eigenvalue weighted by Crippen LogP contribution is -2.38. The molecule has 0 saturated carbocycles. The van der Waals surface area contributed by atoms with Gasteiger partial charge in [-0.25, -0.2) is 0 Å². The predicted octanol–water partition coefficient (Wildman–Crippen LogP) is 2.53. The summed E-state index contributed by atoms with van der Waals surface area (Å²) < 4.78 is 9.73. The molecule has 4 nitrogen and oxygen atoms in total. The molecule has 110 valence electrons. The summed E-state index contributed by atoms with van der Waals surface area (Å²) in [7, 11) is 2.60. The summed E-state index contributed by atoms with van der Waals surface area (Å²) in [5, 5.41) is 0. The van der Waals surface area contributed by atoms with Gasteiger partial charge in [-0.2, -0.15) is 0 Å². The molecule has 0 amide bonds.